The van der Waals surface area contributed by atoms with Crippen molar-refractivity contribution in [2.24, 2.45) is 0 Å². The lowest BCUT2D eigenvalue weighted by Crippen LogP contribution is -2.52. The number of ether oxygens (including phenoxy) is 1. The smallest absolute Gasteiger partial charge is 0.121 e. The molecule has 7 nitrogen and oxygen atoms in total. The molecule has 4 rings (SSSR count). The molecule has 8 heteroatoms. The molecule has 3 aromatic rings. The number of anilines is 1. The van der Waals surface area contributed by atoms with Gasteiger partial charge in [-0.1, -0.05) is 35.9 Å². The average molecular weight is 517 g/mol. The van der Waals surface area contributed by atoms with E-state index in [2.05, 4.69) is 21.9 Å². The lowest BCUT2D eigenvalue weighted by atomic mass is 9.93. The molecule has 0 aliphatic carbocycles. The third-order valence-electron chi connectivity index (χ3n) is 6.65. The Hall–Kier alpha value is -3.59. The topological polar surface area (TPSA) is 104 Å². The molecule has 0 spiro atoms. The molecule has 2 N–H and O–H groups in total. The number of rotatable bonds is 8. The molecule has 2 atom stereocenters. The van der Waals surface area contributed by atoms with Gasteiger partial charge in [0, 0.05) is 32.2 Å². The summed E-state index contributed by atoms with van der Waals surface area (Å²) in [4.78, 5) is 4.47. The second-order valence-electron chi connectivity index (χ2n) is 9.33. The van der Waals surface area contributed by atoms with E-state index < -0.39 is 5.60 Å². The Morgan fingerprint density at radius 2 is 1.65 bits per heavy atom. The Bertz CT molecular complexity index is 1300. The standard InChI is InChI=1S/C29H29ClN4O3/c1-29(36,24-8-4-22(18-32)5-9-24)20-33-12-13-34(27-11-10-25(16-26(27)30)37-15-14-35)28(19-33)23-6-2-21(17-31)3-7-23/h2-11,16,28,35-36H,12-15,19-20H2,1H3/t28-,29+/m0/s1. The van der Waals surface area contributed by atoms with Gasteiger partial charge in [-0.15, -0.1) is 0 Å². The number of nitrogens with zero attached hydrogens (tertiary/aromatic N) is 4. The van der Waals surface area contributed by atoms with Crippen molar-refractivity contribution >= 4 is 17.3 Å². The SMILES string of the molecule is C[C@@](O)(CN1CCN(c2ccc(OCCO)cc2Cl)[C@H](c2ccc(C#N)cc2)C1)c1ccc(C#N)cc1. The highest BCUT2D eigenvalue weighted by atomic mass is 35.5. The first-order valence-corrected chi connectivity index (χ1v) is 12.5. The second-order valence-corrected chi connectivity index (χ2v) is 9.73. The number of benzene rings is 3. The Kier molecular flexibility index (Phi) is 8.33. The van der Waals surface area contributed by atoms with E-state index in [1.807, 2.05) is 36.4 Å². The van der Waals surface area contributed by atoms with Crippen LogP contribution in [0.5, 0.6) is 5.75 Å². The molecule has 1 saturated heterocycles. The van der Waals surface area contributed by atoms with Crippen LogP contribution >= 0.6 is 11.6 Å². The van der Waals surface area contributed by atoms with E-state index in [9.17, 15) is 10.4 Å². The van der Waals surface area contributed by atoms with Crippen molar-refractivity contribution in [3.8, 4) is 17.9 Å². The summed E-state index contributed by atoms with van der Waals surface area (Å²) in [6.07, 6.45) is 0. The van der Waals surface area contributed by atoms with Crippen LogP contribution in [-0.4, -0.2) is 54.5 Å². The molecule has 0 amide bonds. The van der Waals surface area contributed by atoms with Gasteiger partial charge in [-0.3, -0.25) is 4.90 Å². The van der Waals surface area contributed by atoms with Gasteiger partial charge >= 0.3 is 0 Å². The minimum absolute atomic E-state index is 0.0695. The van der Waals surface area contributed by atoms with Crippen molar-refractivity contribution < 1.29 is 14.9 Å². The Morgan fingerprint density at radius 1 is 1.00 bits per heavy atom. The highest BCUT2D eigenvalue weighted by Gasteiger charge is 2.34. The van der Waals surface area contributed by atoms with E-state index in [0.29, 0.717) is 48.1 Å². The predicted octanol–water partition coefficient (Wildman–Crippen LogP) is 4.23. The maximum Gasteiger partial charge on any atom is 0.121 e. The number of piperazine rings is 1. The third kappa shape index (κ3) is 6.22. The molecule has 0 aromatic heterocycles. The first kappa shape index (κ1) is 26.5. The van der Waals surface area contributed by atoms with Crippen molar-refractivity contribution in [2.45, 2.75) is 18.6 Å². The summed E-state index contributed by atoms with van der Waals surface area (Å²) in [5, 5.41) is 39.2. The van der Waals surface area contributed by atoms with Crippen LogP contribution in [0.3, 0.4) is 0 Å². The van der Waals surface area contributed by atoms with Gasteiger partial charge in [0.15, 0.2) is 0 Å². The minimum atomic E-state index is -1.10. The largest absolute Gasteiger partial charge is 0.491 e. The monoisotopic (exact) mass is 516 g/mol. The van der Waals surface area contributed by atoms with Gasteiger partial charge in [-0.25, -0.2) is 0 Å². The molecule has 0 unspecified atom stereocenters. The number of hydrogen-bond acceptors (Lipinski definition) is 7. The van der Waals surface area contributed by atoms with E-state index >= 15 is 0 Å². The van der Waals surface area contributed by atoms with Crippen molar-refractivity contribution in [3.63, 3.8) is 0 Å². The van der Waals surface area contributed by atoms with E-state index in [4.69, 9.17) is 26.7 Å². The summed E-state index contributed by atoms with van der Waals surface area (Å²) in [6, 6.07) is 24.3. The summed E-state index contributed by atoms with van der Waals surface area (Å²) >= 11 is 6.69. The fraction of sp³-hybridized carbons (Fsp3) is 0.310. The third-order valence-corrected chi connectivity index (χ3v) is 6.95. The normalized spacial score (nSPS) is 17.5. The van der Waals surface area contributed by atoms with Crippen LogP contribution in [0.15, 0.2) is 66.7 Å². The van der Waals surface area contributed by atoms with Gasteiger partial charge in [-0.05, 0) is 54.4 Å². The molecule has 190 valence electrons. The van der Waals surface area contributed by atoms with E-state index in [1.54, 1.807) is 37.3 Å². The van der Waals surface area contributed by atoms with Gasteiger partial charge in [0.1, 0.15) is 12.4 Å². The lowest BCUT2D eigenvalue weighted by Gasteiger charge is -2.45. The van der Waals surface area contributed by atoms with E-state index in [0.717, 1.165) is 16.8 Å². The van der Waals surface area contributed by atoms with Crippen LogP contribution in [0.1, 0.15) is 35.2 Å². The second kappa shape index (κ2) is 11.6. The van der Waals surface area contributed by atoms with Crippen LogP contribution < -0.4 is 9.64 Å². The molecule has 1 heterocycles. The van der Waals surface area contributed by atoms with Crippen LogP contribution in [0.2, 0.25) is 5.02 Å². The zero-order chi connectivity index (χ0) is 26.4. The van der Waals surface area contributed by atoms with Crippen molar-refractivity contribution in [2.75, 3.05) is 44.3 Å². The fourth-order valence-corrected chi connectivity index (χ4v) is 5.02. The highest BCUT2D eigenvalue weighted by Crippen LogP contribution is 2.38. The van der Waals surface area contributed by atoms with Crippen LogP contribution in [0.25, 0.3) is 0 Å². The Balaban J connectivity index is 1.60. The number of aliphatic hydroxyl groups is 2. The molecule has 0 radical (unpaired) electrons. The van der Waals surface area contributed by atoms with Gasteiger partial charge in [-0.2, -0.15) is 10.5 Å². The molecule has 0 bridgehead atoms. The van der Waals surface area contributed by atoms with Crippen LogP contribution in [0, 0.1) is 22.7 Å². The number of hydrogen-bond donors (Lipinski definition) is 2. The van der Waals surface area contributed by atoms with Gasteiger partial charge in [0.2, 0.25) is 0 Å². The number of aliphatic hydroxyl groups excluding tert-OH is 1. The highest BCUT2D eigenvalue weighted by molar-refractivity contribution is 6.33. The minimum Gasteiger partial charge on any atom is -0.491 e. The van der Waals surface area contributed by atoms with Crippen molar-refractivity contribution in [1.82, 2.24) is 4.90 Å². The summed E-state index contributed by atoms with van der Waals surface area (Å²) in [5.74, 6) is 0.592. The summed E-state index contributed by atoms with van der Waals surface area (Å²) in [6.45, 7) is 4.34. The molecule has 1 aliphatic rings. The zero-order valence-corrected chi connectivity index (χ0v) is 21.4. The van der Waals surface area contributed by atoms with Crippen molar-refractivity contribution in [1.29, 1.82) is 10.5 Å². The summed E-state index contributed by atoms with van der Waals surface area (Å²) in [7, 11) is 0. The van der Waals surface area contributed by atoms with Gasteiger partial charge in [0.25, 0.3) is 0 Å². The predicted molar refractivity (Wildman–Crippen MR) is 142 cm³/mol. The Labute approximate surface area is 222 Å². The number of β-amino-alcohol motifs (C(OH)–C–C–N with tert-alkyl or cyclic N) is 1. The Morgan fingerprint density at radius 3 is 2.24 bits per heavy atom. The molecule has 3 aromatic carbocycles. The number of halogens is 1. The van der Waals surface area contributed by atoms with E-state index in [1.165, 1.54) is 0 Å². The first-order valence-electron chi connectivity index (χ1n) is 12.1. The molecular formula is C29H29ClN4O3. The van der Waals surface area contributed by atoms with E-state index in [-0.39, 0.29) is 19.3 Å². The van der Waals surface area contributed by atoms with Crippen LogP contribution in [-0.2, 0) is 5.60 Å². The molecule has 0 saturated carbocycles. The molecule has 1 fully saturated rings. The van der Waals surface area contributed by atoms with Gasteiger partial charge in [0.05, 0.1) is 52.2 Å². The van der Waals surface area contributed by atoms with Gasteiger partial charge < -0.3 is 19.8 Å². The molecule has 1 aliphatic heterocycles. The van der Waals surface area contributed by atoms with Crippen LogP contribution in [0.4, 0.5) is 5.69 Å². The zero-order valence-electron chi connectivity index (χ0n) is 20.6. The molecule has 37 heavy (non-hydrogen) atoms. The summed E-state index contributed by atoms with van der Waals surface area (Å²) < 4.78 is 5.51. The lowest BCUT2D eigenvalue weighted by molar-refractivity contribution is 0.0103. The fourth-order valence-electron chi connectivity index (χ4n) is 4.74. The number of nitriles is 2. The quantitative estimate of drug-likeness (QED) is 0.462. The molecular weight excluding hydrogens is 488 g/mol. The maximum absolute atomic E-state index is 11.3. The average Bonchev–Trinajstić information content (AvgIpc) is 2.92. The first-order chi connectivity index (χ1) is 17.8. The van der Waals surface area contributed by atoms with Crippen molar-refractivity contribution in [3.05, 3.63) is 94.0 Å². The maximum atomic E-state index is 11.3. The summed E-state index contributed by atoms with van der Waals surface area (Å²) in [5.41, 5.74) is 2.71.